The Morgan fingerprint density at radius 2 is 1.76 bits per heavy atom. The molecule has 152 valence electrons. The number of hydrogen-bond acceptors (Lipinski definition) is 5. The lowest BCUT2D eigenvalue weighted by Gasteiger charge is -2.16. The van der Waals surface area contributed by atoms with E-state index in [1.54, 1.807) is 13.2 Å². The summed E-state index contributed by atoms with van der Waals surface area (Å²) in [5, 5.41) is 3.14. The van der Waals surface area contributed by atoms with Crippen LogP contribution in [0, 0.1) is 0 Å². The number of nitrogens with zero attached hydrogens (tertiary/aromatic N) is 1. The second-order valence-electron chi connectivity index (χ2n) is 7.01. The van der Waals surface area contributed by atoms with Crippen molar-refractivity contribution in [3.8, 4) is 5.75 Å². The van der Waals surface area contributed by atoms with E-state index in [4.69, 9.17) is 9.47 Å². The molecule has 0 saturated heterocycles. The first-order chi connectivity index (χ1) is 14.0. The molecule has 1 aliphatic heterocycles. The molecule has 1 aliphatic rings. The highest BCUT2D eigenvalue weighted by atomic mass is 16.5. The molecule has 6 heteroatoms. The van der Waals surface area contributed by atoms with Gasteiger partial charge < -0.3 is 14.8 Å². The Morgan fingerprint density at radius 1 is 1.00 bits per heavy atom. The summed E-state index contributed by atoms with van der Waals surface area (Å²) in [5.41, 5.74) is 2.04. The fourth-order valence-electron chi connectivity index (χ4n) is 3.15. The standard InChI is InChI=1S/C23H26N2O4/c1-16(2)29-14-8-13-25-22(26)20(17-9-5-4-6-10-17)21(23(25)27)24-18-11-7-12-19(15-18)28-3/h4-7,9-12,15-16,24H,8,13-14H2,1-3H3. The second kappa shape index (κ2) is 9.39. The summed E-state index contributed by atoms with van der Waals surface area (Å²) in [6.07, 6.45) is 0.702. The molecule has 0 saturated carbocycles. The quantitative estimate of drug-likeness (QED) is 0.519. The molecule has 0 unspecified atom stereocenters. The van der Waals surface area contributed by atoms with Gasteiger partial charge in [-0.25, -0.2) is 0 Å². The van der Waals surface area contributed by atoms with Crippen molar-refractivity contribution in [2.75, 3.05) is 25.6 Å². The van der Waals surface area contributed by atoms with Gasteiger partial charge in [-0.3, -0.25) is 14.5 Å². The highest BCUT2D eigenvalue weighted by Crippen LogP contribution is 2.31. The van der Waals surface area contributed by atoms with Crippen LogP contribution in [0.1, 0.15) is 25.8 Å². The van der Waals surface area contributed by atoms with Gasteiger partial charge in [-0.05, 0) is 38.0 Å². The van der Waals surface area contributed by atoms with Crippen LogP contribution in [0.2, 0.25) is 0 Å². The number of carbonyl (C=O) groups is 2. The summed E-state index contributed by atoms with van der Waals surface area (Å²) in [6, 6.07) is 16.5. The van der Waals surface area contributed by atoms with Crippen LogP contribution in [0.15, 0.2) is 60.3 Å². The summed E-state index contributed by atoms with van der Waals surface area (Å²) in [4.78, 5) is 27.5. The molecule has 0 atom stereocenters. The minimum atomic E-state index is -0.332. The molecule has 2 amide bonds. The number of methoxy groups -OCH3 is 1. The zero-order chi connectivity index (χ0) is 20.8. The lowest BCUT2D eigenvalue weighted by Crippen LogP contribution is -2.34. The molecule has 0 aromatic heterocycles. The van der Waals surface area contributed by atoms with Crippen LogP contribution in [-0.4, -0.2) is 43.1 Å². The molecule has 2 aromatic carbocycles. The molecule has 0 spiro atoms. The van der Waals surface area contributed by atoms with E-state index < -0.39 is 0 Å². The van der Waals surface area contributed by atoms with Gasteiger partial charge in [0.15, 0.2) is 0 Å². The van der Waals surface area contributed by atoms with E-state index in [2.05, 4.69) is 5.32 Å². The largest absolute Gasteiger partial charge is 0.497 e. The van der Waals surface area contributed by atoms with Crippen LogP contribution in [0.25, 0.3) is 5.57 Å². The predicted molar refractivity (Wildman–Crippen MR) is 112 cm³/mol. The first kappa shape index (κ1) is 20.6. The van der Waals surface area contributed by atoms with E-state index in [0.29, 0.717) is 42.1 Å². The Bertz CT molecular complexity index is 906. The molecular formula is C23H26N2O4. The first-order valence-corrected chi connectivity index (χ1v) is 9.70. The minimum absolute atomic E-state index is 0.114. The monoisotopic (exact) mass is 394 g/mol. The Kier molecular flexibility index (Phi) is 6.67. The van der Waals surface area contributed by atoms with E-state index in [-0.39, 0.29) is 23.6 Å². The smallest absolute Gasteiger partial charge is 0.278 e. The van der Waals surface area contributed by atoms with Crippen molar-refractivity contribution < 1.29 is 19.1 Å². The molecule has 1 heterocycles. The van der Waals surface area contributed by atoms with Crippen LogP contribution in [0.5, 0.6) is 5.75 Å². The molecule has 0 aliphatic carbocycles. The van der Waals surface area contributed by atoms with E-state index in [1.807, 2.05) is 62.4 Å². The number of anilines is 1. The molecular weight excluding hydrogens is 368 g/mol. The predicted octanol–water partition coefficient (Wildman–Crippen LogP) is 3.70. The summed E-state index contributed by atoms with van der Waals surface area (Å²) < 4.78 is 10.8. The van der Waals surface area contributed by atoms with E-state index >= 15 is 0 Å². The molecule has 6 nitrogen and oxygen atoms in total. The van der Waals surface area contributed by atoms with Gasteiger partial charge in [0.05, 0.1) is 18.8 Å². The van der Waals surface area contributed by atoms with Crippen LogP contribution in [-0.2, 0) is 14.3 Å². The maximum Gasteiger partial charge on any atom is 0.278 e. The number of amides is 2. The summed E-state index contributed by atoms with van der Waals surface area (Å²) in [7, 11) is 1.58. The summed E-state index contributed by atoms with van der Waals surface area (Å²) >= 11 is 0. The van der Waals surface area contributed by atoms with Crippen LogP contribution >= 0.6 is 0 Å². The number of imide groups is 1. The third-order valence-electron chi connectivity index (χ3n) is 4.55. The molecule has 29 heavy (non-hydrogen) atoms. The maximum atomic E-state index is 13.1. The first-order valence-electron chi connectivity index (χ1n) is 9.70. The normalized spacial score (nSPS) is 14.1. The van der Waals surface area contributed by atoms with Crippen molar-refractivity contribution in [1.29, 1.82) is 0 Å². The Hall–Kier alpha value is -3.12. The summed E-state index contributed by atoms with van der Waals surface area (Å²) in [6.45, 7) is 4.72. The SMILES string of the molecule is COc1cccc(NC2=C(c3ccccc3)C(=O)N(CCCOC(C)C)C2=O)c1. The van der Waals surface area contributed by atoms with Crippen molar-refractivity contribution in [2.24, 2.45) is 0 Å². The maximum absolute atomic E-state index is 13.1. The average Bonchev–Trinajstić information content (AvgIpc) is 2.95. The molecule has 0 bridgehead atoms. The highest BCUT2D eigenvalue weighted by Gasteiger charge is 2.38. The number of nitrogens with one attached hydrogen (secondary N) is 1. The van der Waals surface area contributed by atoms with Crippen LogP contribution < -0.4 is 10.1 Å². The fourth-order valence-corrected chi connectivity index (χ4v) is 3.15. The van der Waals surface area contributed by atoms with Gasteiger partial charge in [0, 0.05) is 24.9 Å². The van der Waals surface area contributed by atoms with E-state index in [1.165, 1.54) is 4.90 Å². The van der Waals surface area contributed by atoms with E-state index in [9.17, 15) is 9.59 Å². The van der Waals surface area contributed by atoms with Crippen LogP contribution in [0.3, 0.4) is 0 Å². The van der Waals surface area contributed by atoms with Crippen molar-refractivity contribution >= 4 is 23.1 Å². The number of hydrogen-bond donors (Lipinski definition) is 1. The number of rotatable bonds is 9. The average molecular weight is 394 g/mol. The van der Waals surface area contributed by atoms with Gasteiger partial charge in [-0.1, -0.05) is 36.4 Å². The molecule has 1 N–H and O–H groups in total. The molecule has 0 fully saturated rings. The van der Waals surface area contributed by atoms with Gasteiger partial charge >= 0.3 is 0 Å². The Morgan fingerprint density at radius 3 is 2.45 bits per heavy atom. The third kappa shape index (κ3) is 4.84. The van der Waals surface area contributed by atoms with E-state index in [0.717, 1.165) is 0 Å². The lowest BCUT2D eigenvalue weighted by molar-refractivity contribution is -0.137. The number of benzene rings is 2. The van der Waals surface area contributed by atoms with Crippen molar-refractivity contribution in [3.63, 3.8) is 0 Å². The van der Waals surface area contributed by atoms with Gasteiger partial charge in [-0.15, -0.1) is 0 Å². The number of carbonyl (C=O) groups excluding carboxylic acids is 2. The van der Waals surface area contributed by atoms with Gasteiger partial charge in [0.25, 0.3) is 11.8 Å². The Balaban J connectivity index is 1.88. The minimum Gasteiger partial charge on any atom is -0.497 e. The second-order valence-corrected chi connectivity index (χ2v) is 7.01. The van der Waals surface area contributed by atoms with Gasteiger partial charge in [-0.2, -0.15) is 0 Å². The van der Waals surface area contributed by atoms with Crippen molar-refractivity contribution in [3.05, 3.63) is 65.9 Å². The van der Waals surface area contributed by atoms with Crippen molar-refractivity contribution in [2.45, 2.75) is 26.4 Å². The zero-order valence-corrected chi connectivity index (χ0v) is 17.0. The molecule has 3 rings (SSSR count). The van der Waals surface area contributed by atoms with Crippen molar-refractivity contribution in [1.82, 2.24) is 4.90 Å². The summed E-state index contributed by atoms with van der Waals surface area (Å²) in [5.74, 6) is 0.0358. The Labute approximate surface area is 171 Å². The fraction of sp³-hybridized carbons (Fsp3) is 0.304. The number of ether oxygens (including phenoxy) is 2. The molecule has 2 aromatic rings. The van der Waals surface area contributed by atoms with Gasteiger partial charge in [0.1, 0.15) is 11.4 Å². The topological polar surface area (TPSA) is 67.9 Å². The lowest BCUT2D eigenvalue weighted by atomic mass is 10.0. The van der Waals surface area contributed by atoms with Crippen LogP contribution in [0.4, 0.5) is 5.69 Å². The zero-order valence-electron chi connectivity index (χ0n) is 17.0. The van der Waals surface area contributed by atoms with Gasteiger partial charge in [0.2, 0.25) is 0 Å². The third-order valence-corrected chi connectivity index (χ3v) is 4.55. The molecule has 0 radical (unpaired) electrons. The highest BCUT2D eigenvalue weighted by molar-refractivity contribution is 6.36.